The molecule has 1 N–H and O–H groups in total. The van der Waals surface area contributed by atoms with Crippen molar-refractivity contribution in [3.05, 3.63) is 74.9 Å². The molecule has 206 valence electrons. The number of benzene rings is 2. The van der Waals surface area contributed by atoms with Crippen molar-refractivity contribution >= 4 is 44.8 Å². The molecule has 0 bridgehead atoms. The van der Waals surface area contributed by atoms with E-state index in [2.05, 4.69) is 9.71 Å². The van der Waals surface area contributed by atoms with Crippen molar-refractivity contribution in [3.63, 3.8) is 0 Å². The number of halogens is 6. The largest absolute Gasteiger partial charge is 0.491 e. The number of aryl methyl sites for hydroxylation is 1. The van der Waals surface area contributed by atoms with Crippen molar-refractivity contribution in [2.24, 2.45) is 0 Å². The number of nitrogens with zero attached hydrogens (tertiary/aromatic N) is 1. The lowest BCUT2D eigenvalue weighted by Gasteiger charge is -2.15. The Morgan fingerprint density at radius 1 is 1.00 bits per heavy atom. The molecule has 0 saturated heterocycles. The Labute approximate surface area is 232 Å². The zero-order valence-electron chi connectivity index (χ0n) is 19.8. The summed E-state index contributed by atoms with van der Waals surface area (Å²) in [7, 11) is -2.36. The molecule has 1 aromatic heterocycles. The summed E-state index contributed by atoms with van der Waals surface area (Å²) in [5, 5.41) is -0.0338. The van der Waals surface area contributed by atoms with Gasteiger partial charge in [0.05, 0.1) is 17.2 Å². The summed E-state index contributed by atoms with van der Waals surface area (Å²) in [4.78, 5) is 3.61. The van der Waals surface area contributed by atoms with Gasteiger partial charge in [0.25, 0.3) is 0 Å². The van der Waals surface area contributed by atoms with Gasteiger partial charge < -0.3 is 14.2 Å². The lowest BCUT2D eigenvalue weighted by molar-refractivity contribution is -0.137. The average molecular weight is 614 g/mol. The van der Waals surface area contributed by atoms with E-state index in [0.29, 0.717) is 42.0 Å². The Bertz CT molecular complexity index is 1370. The van der Waals surface area contributed by atoms with Crippen LogP contribution in [0.25, 0.3) is 0 Å². The minimum absolute atomic E-state index is 0.00864. The predicted molar refractivity (Wildman–Crippen MR) is 138 cm³/mol. The number of alkyl halides is 3. The third-order valence-corrected chi connectivity index (χ3v) is 7.48. The summed E-state index contributed by atoms with van der Waals surface area (Å²) < 4.78 is 82.9. The van der Waals surface area contributed by atoms with Crippen molar-refractivity contribution in [1.29, 1.82) is 0 Å². The highest BCUT2D eigenvalue weighted by atomic mass is 35.5. The molecule has 0 aliphatic carbocycles. The summed E-state index contributed by atoms with van der Waals surface area (Å²) in [6.45, 7) is 0.651. The van der Waals surface area contributed by atoms with Gasteiger partial charge >= 0.3 is 6.18 Å². The van der Waals surface area contributed by atoms with Gasteiger partial charge in [0, 0.05) is 30.9 Å². The van der Waals surface area contributed by atoms with E-state index in [1.165, 1.54) is 25.3 Å². The standard InChI is InChI=1S/C24H22Cl3F3N2O5S/c1-35-9-10-36-18-6-4-15(3-2-8-32-38(33,34)22-7-5-17(25)12-19(22)26)21(13-18)37-23-20(27)11-16(14-31-23)24(28,29)30/h4-7,11-14,32H,2-3,8-10H2,1H3. The number of aromatic nitrogens is 1. The highest BCUT2D eigenvalue weighted by Gasteiger charge is 2.32. The van der Waals surface area contributed by atoms with E-state index in [-0.39, 0.29) is 39.7 Å². The van der Waals surface area contributed by atoms with Crippen LogP contribution in [0.4, 0.5) is 13.2 Å². The molecule has 0 amide bonds. The van der Waals surface area contributed by atoms with Crippen LogP contribution in [0.15, 0.2) is 53.6 Å². The highest BCUT2D eigenvalue weighted by molar-refractivity contribution is 7.89. The van der Waals surface area contributed by atoms with Gasteiger partial charge in [0.2, 0.25) is 15.9 Å². The van der Waals surface area contributed by atoms with Gasteiger partial charge in [0.1, 0.15) is 28.0 Å². The Morgan fingerprint density at radius 3 is 2.42 bits per heavy atom. The van der Waals surface area contributed by atoms with E-state index in [4.69, 9.17) is 49.0 Å². The minimum atomic E-state index is -4.61. The molecule has 0 radical (unpaired) electrons. The molecule has 38 heavy (non-hydrogen) atoms. The Morgan fingerprint density at radius 2 is 1.76 bits per heavy atom. The van der Waals surface area contributed by atoms with E-state index in [0.717, 1.165) is 6.07 Å². The van der Waals surface area contributed by atoms with Crippen LogP contribution in [0.1, 0.15) is 17.5 Å². The third kappa shape index (κ3) is 8.36. The molecule has 3 rings (SSSR count). The van der Waals surface area contributed by atoms with Gasteiger partial charge in [-0.2, -0.15) is 13.2 Å². The van der Waals surface area contributed by atoms with Crippen LogP contribution >= 0.6 is 34.8 Å². The van der Waals surface area contributed by atoms with Crippen molar-refractivity contribution in [2.75, 3.05) is 26.9 Å². The first-order valence-electron chi connectivity index (χ1n) is 11.0. The zero-order valence-corrected chi connectivity index (χ0v) is 22.9. The van der Waals surface area contributed by atoms with Crippen LogP contribution in [0.5, 0.6) is 17.4 Å². The van der Waals surface area contributed by atoms with Crippen molar-refractivity contribution in [2.45, 2.75) is 23.9 Å². The molecule has 0 saturated carbocycles. The molecule has 2 aromatic carbocycles. The maximum Gasteiger partial charge on any atom is 0.417 e. The molecule has 0 fully saturated rings. The molecule has 0 aliphatic rings. The summed E-state index contributed by atoms with van der Waals surface area (Å²) in [5.41, 5.74) is -0.398. The zero-order chi connectivity index (χ0) is 27.9. The fourth-order valence-corrected chi connectivity index (χ4v) is 5.23. The van der Waals surface area contributed by atoms with E-state index in [9.17, 15) is 21.6 Å². The van der Waals surface area contributed by atoms with Gasteiger partial charge in [-0.1, -0.05) is 40.9 Å². The monoisotopic (exact) mass is 612 g/mol. The quantitative estimate of drug-likeness (QED) is 0.227. The second-order valence-corrected chi connectivity index (χ2v) is 10.8. The lowest BCUT2D eigenvalue weighted by atomic mass is 10.1. The molecule has 3 aromatic rings. The first kappa shape index (κ1) is 30.3. The fourth-order valence-electron chi connectivity index (χ4n) is 3.18. The number of nitrogens with one attached hydrogen (secondary N) is 1. The topological polar surface area (TPSA) is 86.8 Å². The maximum absolute atomic E-state index is 13.0. The number of pyridine rings is 1. The molecular weight excluding hydrogens is 592 g/mol. The van der Waals surface area contributed by atoms with Crippen LogP contribution < -0.4 is 14.2 Å². The number of hydrogen-bond donors (Lipinski definition) is 1. The summed E-state index contributed by atoms with van der Waals surface area (Å²) in [6, 6.07) is 9.69. The van der Waals surface area contributed by atoms with Crippen LogP contribution in [0, 0.1) is 0 Å². The number of methoxy groups -OCH3 is 1. The normalized spacial score (nSPS) is 12.0. The van der Waals surface area contributed by atoms with Gasteiger partial charge in [-0.05, 0) is 48.7 Å². The molecule has 1 heterocycles. The lowest BCUT2D eigenvalue weighted by Crippen LogP contribution is -2.25. The number of rotatable bonds is 12. The summed E-state index contributed by atoms with van der Waals surface area (Å²) in [5.74, 6) is 0.424. The summed E-state index contributed by atoms with van der Waals surface area (Å²) >= 11 is 17.8. The van der Waals surface area contributed by atoms with E-state index in [1.54, 1.807) is 18.2 Å². The second-order valence-electron chi connectivity index (χ2n) is 7.80. The average Bonchev–Trinajstić information content (AvgIpc) is 2.83. The number of ether oxygens (including phenoxy) is 3. The maximum atomic E-state index is 13.0. The predicted octanol–water partition coefficient (Wildman–Crippen LogP) is 6.79. The molecule has 0 unspecified atom stereocenters. The SMILES string of the molecule is COCCOc1ccc(CCCNS(=O)(=O)c2ccc(Cl)cc2Cl)c(Oc2ncc(C(F)(F)F)cc2Cl)c1. The van der Waals surface area contributed by atoms with E-state index < -0.39 is 21.8 Å². The first-order valence-corrected chi connectivity index (χ1v) is 13.6. The number of hydrogen-bond acceptors (Lipinski definition) is 6. The van der Waals surface area contributed by atoms with Crippen LogP contribution in [0.3, 0.4) is 0 Å². The first-order chi connectivity index (χ1) is 17.9. The molecule has 7 nitrogen and oxygen atoms in total. The molecular formula is C24H22Cl3F3N2O5S. The fraction of sp³-hybridized carbons (Fsp3) is 0.292. The smallest absolute Gasteiger partial charge is 0.417 e. The minimum Gasteiger partial charge on any atom is -0.491 e. The molecule has 0 atom stereocenters. The third-order valence-electron chi connectivity index (χ3n) is 5.03. The van der Waals surface area contributed by atoms with Gasteiger partial charge in [-0.25, -0.2) is 18.1 Å². The molecule has 14 heteroatoms. The van der Waals surface area contributed by atoms with Crippen LogP contribution in [0.2, 0.25) is 15.1 Å². The Balaban J connectivity index is 1.75. The van der Waals surface area contributed by atoms with E-state index in [1.807, 2.05) is 0 Å². The van der Waals surface area contributed by atoms with Gasteiger partial charge in [0.15, 0.2) is 0 Å². The van der Waals surface area contributed by atoms with Gasteiger partial charge in [-0.3, -0.25) is 0 Å². The Kier molecular flexibility index (Phi) is 10.5. The van der Waals surface area contributed by atoms with E-state index >= 15 is 0 Å². The molecule has 0 spiro atoms. The van der Waals surface area contributed by atoms with Crippen molar-refractivity contribution in [3.8, 4) is 17.4 Å². The highest BCUT2D eigenvalue weighted by Crippen LogP contribution is 2.36. The van der Waals surface area contributed by atoms with Crippen LogP contribution in [-0.2, 0) is 27.4 Å². The van der Waals surface area contributed by atoms with Gasteiger partial charge in [-0.15, -0.1) is 0 Å². The van der Waals surface area contributed by atoms with Crippen LogP contribution in [-0.4, -0.2) is 40.3 Å². The van der Waals surface area contributed by atoms with Crippen molar-refractivity contribution in [1.82, 2.24) is 9.71 Å². The van der Waals surface area contributed by atoms with Crippen molar-refractivity contribution < 1.29 is 35.8 Å². The summed E-state index contributed by atoms with van der Waals surface area (Å²) in [6.07, 6.45) is -3.31. The molecule has 0 aliphatic heterocycles. The Hall–Kier alpha value is -2.28. The second kappa shape index (κ2) is 13.2. The number of sulfonamides is 1.